The van der Waals surface area contributed by atoms with Gasteiger partial charge in [-0.05, 0) is 25.2 Å². The molecule has 1 aliphatic carbocycles. The first kappa shape index (κ1) is 10.0. The third-order valence-electron chi connectivity index (χ3n) is 3.09. The number of hydrogen-bond acceptors (Lipinski definition) is 2. The van der Waals surface area contributed by atoms with Crippen molar-refractivity contribution in [2.24, 2.45) is 11.8 Å². The van der Waals surface area contributed by atoms with E-state index in [1.807, 2.05) is 6.92 Å². The van der Waals surface area contributed by atoms with Gasteiger partial charge in [0.25, 0.3) is 0 Å². The molecule has 3 unspecified atom stereocenters. The maximum Gasteiger partial charge on any atom is 0.0654 e. The van der Waals surface area contributed by atoms with Crippen LogP contribution in [0.25, 0.3) is 0 Å². The SMILES string of the molecule is CCONC1CCCC(C)C1C. The summed E-state index contributed by atoms with van der Waals surface area (Å²) in [7, 11) is 0. The largest absolute Gasteiger partial charge is 0.302 e. The fourth-order valence-electron chi connectivity index (χ4n) is 1.94. The molecule has 0 aromatic heterocycles. The van der Waals surface area contributed by atoms with Crippen LogP contribution in [0.2, 0.25) is 0 Å². The minimum Gasteiger partial charge on any atom is -0.302 e. The summed E-state index contributed by atoms with van der Waals surface area (Å²) in [6.07, 6.45) is 3.99. The second-order valence-electron chi connectivity index (χ2n) is 3.92. The fourth-order valence-corrected chi connectivity index (χ4v) is 1.94. The zero-order chi connectivity index (χ0) is 8.97. The van der Waals surface area contributed by atoms with Crippen molar-refractivity contribution in [1.82, 2.24) is 5.48 Å². The molecule has 1 saturated carbocycles. The topological polar surface area (TPSA) is 21.3 Å². The zero-order valence-electron chi connectivity index (χ0n) is 8.47. The van der Waals surface area contributed by atoms with E-state index in [0.717, 1.165) is 18.4 Å². The van der Waals surface area contributed by atoms with Crippen molar-refractivity contribution < 1.29 is 4.84 Å². The Hall–Kier alpha value is -0.0800. The second kappa shape index (κ2) is 4.83. The predicted molar refractivity (Wildman–Crippen MR) is 50.7 cm³/mol. The van der Waals surface area contributed by atoms with Crippen molar-refractivity contribution in [3.05, 3.63) is 0 Å². The molecular formula is C10H21NO. The van der Waals surface area contributed by atoms with Gasteiger partial charge in [-0.25, -0.2) is 0 Å². The molecule has 0 aliphatic heterocycles. The van der Waals surface area contributed by atoms with Crippen molar-refractivity contribution in [2.45, 2.75) is 46.1 Å². The zero-order valence-corrected chi connectivity index (χ0v) is 8.47. The van der Waals surface area contributed by atoms with Crippen molar-refractivity contribution >= 4 is 0 Å². The number of hydrogen-bond donors (Lipinski definition) is 1. The molecule has 2 nitrogen and oxygen atoms in total. The predicted octanol–water partition coefficient (Wildman–Crippen LogP) is 2.35. The third kappa shape index (κ3) is 2.46. The standard InChI is InChI=1S/C10H21NO/c1-4-12-11-10-7-5-6-8(2)9(10)3/h8-11H,4-7H2,1-3H3. The number of rotatable bonds is 3. The molecular weight excluding hydrogens is 150 g/mol. The summed E-state index contributed by atoms with van der Waals surface area (Å²) in [6.45, 7) is 7.44. The molecule has 0 aromatic rings. The van der Waals surface area contributed by atoms with E-state index in [0.29, 0.717) is 6.04 Å². The highest BCUT2D eigenvalue weighted by Gasteiger charge is 2.26. The van der Waals surface area contributed by atoms with Crippen LogP contribution in [-0.4, -0.2) is 12.6 Å². The minimum atomic E-state index is 0.577. The second-order valence-corrected chi connectivity index (χ2v) is 3.92. The Kier molecular flexibility index (Phi) is 4.02. The summed E-state index contributed by atoms with van der Waals surface area (Å²) >= 11 is 0. The monoisotopic (exact) mass is 171 g/mol. The highest BCUT2D eigenvalue weighted by Crippen LogP contribution is 2.29. The summed E-state index contributed by atoms with van der Waals surface area (Å²) in [6, 6.07) is 0.577. The van der Waals surface area contributed by atoms with Crippen LogP contribution in [0, 0.1) is 11.8 Å². The summed E-state index contributed by atoms with van der Waals surface area (Å²) in [5.74, 6) is 1.60. The van der Waals surface area contributed by atoms with Crippen LogP contribution >= 0.6 is 0 Å². The van der Waals surface area contributed by atoms with E-state index in [2.05, 4.69) is 19.3 Å². The Balaban J connectivity index is 2.30. The molecule has 1 N–H and O–H groups in total. The number of hydroxylamine groups is 1. The highest BCUT2D eigenvalue weighted by atomic mass is 16.6. The van der Waals surface area contributed by atoms with E-state index in [4.69, 9.17) is 4.84 Å². The fraction of sp³-hybridized carbons (Fsp3) is 1.00. The van der Waals surface area contributed by atoms with E-state index in [1.165, 1.54) is 19.3 Å². The third-order valence-corrected chi connectivity index (χ3v) is 3.09. The lowest BCUT2D eigenvalue weighted by molar-refractivity contribution is -0.00847. The van der Waals surface area contributed by atoms with E-state index >= 15 is 0 Å². The van der Waals surface area contributed by atoms with Crippen LogP contribution < -0.4 is 5.48 Å². The van der Waals surface area contributed by atoms with Crippen LogP contribution in [0.15, 0.2) is 0 Å². The first-order chi connectivity index (χ1) is 5.75. The molecule has 2 heteroatoms. The van der Waals surface area contributed by atoms with Crippen molar-refractivity contribution in [3.8, 4) is 0 Å². The van der Waals surface area contributed by atoms with Gasteiger partial charge in [-0.15, -0.1) is 0 Å². The lowest BCUT2D eigenvalue weighted by Gasteiger charge is -2.34. The quantitative estimate of drug-likeness (QED) is 0.658. The maximum atomic E-state index is 5.24. The van der Waals surface area contributed by atoms with E-state index in [1.54, 1.807) is 0 Å². The van der Waals surface area contributed by atoms with Crippen LogP contribution in [0.3, 0.4) is 0 Å². The summed E-state index contributed by atoms with van der Waals surface area (Å²) in [5.41, 5.74) is 3.15. The molecule has 0 aromatic carbocycles. The maximum absolute atomic E-state index is 5.24. The van der Waals surface area contributed by atoms with Gasteiger partial charge in [0.2, 0.25) is 0 Å². The Morgan fingerprint density at radius 2 is 2.08 bits per heavy atom. The van der Waals surface area contributed by atoms with E-state index in [-0.39, 0.29) is 0 Å². The molecule has 1 fully saturated rings. The normalized spacial score (nSPS) is 36.8. The molecule has 0 radical (unpaired) electrons. The van der Waals surface area contributed by atoms with Gasteiger partial charge in [0.05, 0.1) is 6.61 Å². The molecule has 0 spiro atoms. The molecule has 72 valence electrons. The van der Waals surface area contributed by atoms with Crippen LogP contribution in [0.1, 0.15) is 40.0 Å². The van der Waals surface area contributed by atoms with Gasteiger partial charge < -0.3 is 4.84 Å². The van der Waals surface area contributed by atoms with Crippen LogP contribution in [-0.2, 0) is 4.84 Å². The van der Waals surface area contributed by atoms with E-state index in [9.17, 15) is 0 Å². The number of nitrogens with one attached hydrogen (secondary N) is 1. The van der Waals surface area contributed by atoms with Crippen molar-refractivity contribution in [1.29, 1.82) is 0 Å². The van der Waals surface area contributed by atoms with Gasteiger partial charge in [-0.1, -0.05) is 26.7 Å². The van der Waals surface area contributed by atoms with Gasteiger partial charge in [0.1, 0.15) is 0 Å². The molecule has 1 rings (SSSR count). The Bertz CT molecular complexity index is 127. The Labute approximate surface area is 75.6 Å². The van der Waals surface area contributed by atoms with E-state index < -0.39 is 0 Å². The highest BCUT2D eigenvalue weighted by molar-refractivity contribution is 4.79. The molecule has 0 bridgehead atoms. The van der Waals surface area contributed by atoms with Gasteiger partial charge in [0, 0.05) is 6.04 Å². The molecule has 3 atom stereocenters. The first-order valence-electron chi connectivity index (χ1n) is 5.13. The summed E-state index contributed by atoms with van der Waals surface area (Å²) in [4.78, 5) is 5.24. The average Bonchev–Trinajstić information content (AvgIpc) is 2.08. The molecule has 12 heavy (non-hydrogen) atoms. The van der Waals surface area contributed by atoms with Gasteiger partial charge in [-0.3, -0.25) is 0 Å². The summed E-state index contributed by atoms with van der Waals surface area (Å²) < 4.78 is 0. The first-order valence-corrected chi connectivity index (χ1v) is 5.13. The van der Waals surface area contributed by atoms with Crippen molar-refractivity contribution in [3.63, 3.8) is 0 Å². The average molecular weight is 171 g/mol. The lowest BCUT2D eigenvalue weighted by Crippen LogP contribution is -2.40. The van der Waals surface area contributed by atoms with Gasteiger partial charge in [-0.2, -0.15) is 5.48 Å². The van der Waals surface area contributed by atoms with Crippen LogP contribution in [0.5, 0.6) is 0 Å². The van der Waals surface area contributed by atoms with Gasteiger partial charge >= 0.3 is 0 Å². The lowest BCUT2D eigenvalue weighted by atomic mass is 9.78. The Morgan fingerprint density at radius 1 is 1.33 bits per heavy atom. The van der Waals surface area contributed by atoms with Gasteiger partial charge in [0.15, 0.2) is 0 Å². The molecule has 0 amide bonds. The molecule has 0 saturated heterocycles. The van der Waals surface area contributed by atoms with Crippen LogP contribution in [0.4, 0.5) is 0 Å². The smallest absolute Gasteiger partial charge is 0.0654 e. The molecule has 0 heterocycles. The molecule has 1 aliphatic rings. The Morgan fingerprint density at radius 3 is 2.75 bits per heavy atom. The summed E-state index contributed by atoms with van der Waals surface area (Å²) in [5, 5.41) is 0. The van der Waals surface area contributed by atoms with Crippen molar-refractivity contribution in [2.75, 3.05) is 6.61 Å². The minimum absolute atomic E-state index is 0.577.